The van der Waals surface area contributed by atoms with Crippen molar-refractivity contribution in [3.05, 3.63) is 17.0 Å². The van der Waals surface area contributed by atoms with Crippen LogP contribution in [-0.2, 0) is 6.42 Å². The Morgan fingerprint density at radius 1 is 1.43 bits per heavy atom. The zero-order valence-electron chi connectivity index (χ0n) is 13.0. The molecule has 0 aromatic carbocycles. The smallest absolute Gasteiger partial charge is 0.256 e. The zero-order valence-corrected chi connectivity index (χ0v) is 13.0. The van der Waals surface area contributed by atoms with Crippen molar-refractivity contribution in [1.82, 2.24) is 10.5 Å². The van der Waals surface area contributed by atoms with E-state index in [1.54, 1.807) is 6.92 Å². The highest BCUT2D eigenvalue weighted by molar-refractivity contribution is 5.96. The largest absolute Gasteiger partial charge is 0.393 e. The van der Waals surface area contributed by atoms with Crippen LogP contribution in [-0.4, -0.2) is 28.8 Å². The summed E-state index contributed by atoms with van der Waals surface area (Å²) in [7, 11) is 0. The van der Waals surface area contributed by atoms with E-state index in [9.17, 15) is 9.90 Å². The van der Waals surface area contributed by atoms with Gasteiger partial charge in [-0.05, 0) is 38.5 Å². The number of hydrogen-bond acceptors (Lipinski definition) is 4. The minimum atomic E-state index is -0.151. The van der Waals surface area contributed by atoms with Crippen LogP contribution in [0, 0.1) is 12.8 Å². The van der Waals surface area contributed by atoms with Crippen LogP contribution in [0.2, 0.25) is 0 Å². The molecule has 0 saturated heterocycles. The zero-order chi connectivity index (χ0) is 15.2. The van der Waals surface area contributed by atoms with Crippen molar-refractivity contribution in [2.24, 2.45) is 5.92 Å². The molecule has 0 spiro atoms. The third-order valence-corrected chi connectivity index (χ3v) is 4.39. The molecule has 5 nitrogen and oxygen atoms in total. The van der Waals surface area contributed by atoms with Gasteiger partial charge in [0, 0.05) is 13.0 Å². The Kier molecular flexibility index (Phi) is 5.79. The van der Waals surface area contributed by atoms with E-state index >= 15 is 0 Å². The van der Waals surface area contributed by atoms with Gasteiger partial charge in [0.2, 0.25) is 0 Å². The molecule has 0 unspecified atom stereocenters. The molecule has 0 aliphatic heterocycles. The van der Waals surface area contributed by atoms with Crippen LogP contribution in [0.4, 0.5) is 0 Å². The number of aryl methyl sites for hydroxylation is 2. The van der Waals surface area contributed by atoms with E-state index in [2.05, 4.69) is 10.5 Å². The summed E-state index contributed by atoms with van der Waals surface area (Å²) in [6.45, 7) is 4.37. The van der Waals surface area contributed by atoms with Crippen molar-refractivity contribution in [3.63, 3.8) is 0 Å². The summed E-state index contributed by atoms with van der Waals surface area (Å²) in [5.41, 5.74) is 1.22. The molecule has 0 bridgehead atoms. The van der Waals surface area contributed by atoms with E-state index in [1.165, 1.54) is 6.42 Å². The maximum absolute atomic E-state index is 12.2. The predicted octanol–water partition coefficient (Wildman–Crippen LogP) is 2.61. The second kappa shape index (κ2) is 7.59. The maximum Gasteiger partial charge on any atom is 0.256 e. The molecule has 0 radical (unpaired) electrons. The van der Waals surface area contributed by atoms with Crippen molar-refractivity contribution >= 4 is 5.91 Å². The SMILES string of the molecule is CCc1onc(C)c1C(=O)NCCC[C@@H]1CCCC[C@@H]1O. The van der Waals surface area contributed by atoms with Gasteiger partial charge in [0.05, 0.1) is 11.8 Å². The maximum atomic E-state index is 12.2. The lowest BCUT2D eigenvalue weighted by molar-refractivity contribution is 0.0641. The fourth-order valence-corrected chi connectivity index (χ4v) is 3.13. The Hall–Kier alpha value is -1.36. The highest BCUT2D eigenvalue weighted by Gasteiger charge is 2.23. The minimum absolute atomic E-state index is 0.102. The van der Waals surface area contributed by atoms with Crippen LogP contribution < -0.4 is 5.32 Å². The lowest BCUT2D eigenvalue weighted by atomic mass is 9.83. The molecule has 1 aromatic rings. The average molecular weight is 294 g/mol. The fourth-order valence-electron chi connectivity index (χ4n) is 3.13. The summed E-state index contributed by atoms with van der Waals surface area (Å²) < 4.78 is 5.14. The number of nitrogens with one attached hydrogen (secondary N) is 1. The molecule has 1 aliphatic rings. The number of aliphatic hydroxyl groups excluding tert-OH is 1. The lowest BCUT2D eigenvalue weighted by Gasteiger charge is -2.27. The van der Waals surface area contributed by atoms with Crippen molar-refractivity contribution in [2.75, 3.05) is 6.54 Å². The molecule has 1 aromatic heterocycles. The Labute approximate surface area is 126 Å². The molecule has 1 heterocycles. The molecular weight excluding hydrogens is 268 g/mol. The predicted molar refractivity (Wildman–Crippen MR) is 80.2 cm³/mol. The fraction of sp³-hybridized carbons (Fsp3) is 0.750. The van der Waals surface area contributed by atoms with Gasteiger partial charge in [-0.25, -0.2) is 0 Å². The molecule has 5 heteroatoms. The Bertz CT molecular complexity index is 470. The first-order valence-corrected chi connectivity index (χ1v) is 8.04. The number of rotatable bonds is 6. The first-order chi connectivity index (χ1) is 10.1. The first kappa shape index (κ1) is 16.0. The summed E-state index contributed by atoms with van der Waals surface area (Å²) >= 11 is 0. The average Bonchev–Trinajstić information content (AvgIpc) is 2.86. The van der Waals surface area contributed by atoms with Gasteiger partial charge in [0.15, 0.2) is 0 Å². The number of carbonyl (C=O) groups excluding carboxylic acids is 1. The van der Waals surface area contributed by atoms with E-state index in [-0.39, 0.29) is 12.0 Å². The number of aromatic nitrogens is 1. The molecule has 2 N–H and O–H groups in total. The van der Waals surface area contributed by atoms with E-state index in [4.69, 9.17) is 4.52 Å². The van der Waals surface area contributed by atoms with Crippen LogP contribution in [0.25, 0.3) is 0 Å². The van der Waals surface area contributed by atoms with Crippen LogP contribution >= 0.6 is 0 Å². The van der Waals surface area contributed by atoms with E-state index in [0.29, 0.717) is 35.9 Å². The number of carbonyl (C=O) groups is 1. The minimum Gasteiger partial charge on any atom is -0.393 e. The summed E-state index contributed by atoms with van der Waals surface area (Å²) in [4.78, 5) is 12.2. The van der Waals surface area contributed by atoms with Crippen molar-refractivity contribution in [3.8, 4) is 0 Å². The molecule has 2 rings (SSSR count). The Balaban J connectivity index is 1.75. The van der Waals surface area contributed by atoms with Gasteiger partial charge in [-0.3, -0.25) is 4.79 Å². The van der Waals surface area contributed by atoms with Gasteiger partial charge in [0.25, 0.3) is 5.91 Å². The van der Waals surface area contributed by atoms with Gasteiger partial charge in [-0.1, -0.05) is 24.9 Å². The first-order valence-electron chi connectivity index (χ1n) is 8.04. The van der Waals surface area contributed by atoms with E-state index in [0.717, 1.165) is 32.1 Å². The molecule has 2 atom stereocenters. The summed E-state index contributed by atoms with van der Waals surface area (Å²) in [6, 6.07) is 0. The highest BCUT2D eigenvalue weighted by Crippen LogP contribution is 2.27. The van der Waals surface area contributed by atoms with Gasteiger partial charge < -0.3 is 14.9 Å². The van der Waals surface area contributed by atoms with Crippen molar-refractivity contribution in [1.29, 1.82) is 0 Å². The summed E-state index contributed by atoms with van der Waals surface area (Å²) in [6.07, 6.45) is 6.79. The monoisotopic (exact) mass is 294 g/mol. The van der Waals surface area contributed by atoms with Gasteiger partial charge in [0.1, 0.15) is 11.3 Å². The van der Waals surface area contributed by atoms with E-state index in [1.807, 2.05) is 6.92 Å². The van der Waals surface area contributed by atoms with Gasteiger partial charge >= 0.3 is 0 Å². The summed E-state index contributed by atoms with van der Waals surface area (Å²) in [5, 5.41) is 16.7. The van der Waals surface area contributed by atoms with E-state index < -0.39 is 0 Å². The van der Waals surface area contributed by atoms with Crippen LogP contribution in [0.3, 0.4) is 0 Å². The normalized spacial score (nSPS) is 22.2. The Morgan fingerprint density at radius 3 is 2.90 bits per heavy atom. The quantitative estimate of drug-likeness (QED) is 0.791. The molecular formula is C16H26N2O3. The third-order valence-electron chi connectivity index (χ3n) is 4.39. The molecule has 118 valence electrons. The molecule has 1 amide bonds. The van der Waals surface area contributed by atoms with Crippen LogP contribution in [0.5, 0.6) is 0 Å². The number of hydrogen-bond donors (Lipinski definition) is 2. The molecule has 21 heavy (non-hydrogen) atoms. The standard InChI is InChI=1S/C16H26N2O3/c1-3-14-15(11(2)18-21-14)16(20)17-10-6-8-12-7-4-5-9-13(12)19/h12-13,19H,3-10H2,1-2H3,(H,17,20)/t12-,13-/m0/s1. The van der Waals surface area contributed by atoms with Crippen molar-refractivity contribution < 1.29 is 14.4 Å². The second-order valence-corrected chi connectivity index (χ2v) is 5.93. The number of aliphatic hydroxyl groups is 1. The van der Waals surface area contributed by atoms with Crippen molar-refractivity contribution in [2.45, 2.75) is 64.9 Å². The van der Waals surface area contributed by atoms with Crippen LogP contribution in [0.1, 0.15) is 67.3 Å². The second-order valence-electron chi connectivity index (χ2n) is 5.93. The molecule has 1 saturated carbocycles. The third kappa shape index (κ3) is 4.06. The topological polar surface area (TPSA) is 75.4 Å². The molecule has 1 aliphatic carbocycles. The Morgan fingerprint density at radius 2 is 2.19 bits per heavy atom. The van der Waals surface area contributed by atoms with Gasteiger partial charge in [-0.2, -0.15) is 0 Å². The highest BCUT2D eigenvalue weighted by atomic mass is 16.5. The lowest BCUT2D eigenvalue weighted by Crippen LogP contribution is -2.28. The summed E-state index contributed by atoms with van der Waals surface area (Å²) in [5.74, 6) is 0.946. The van der Waals surface area contributed by atoms with Crippen LogP contribution in [0.15, 0.2) is 4.52 Å². The molecule has 1 fully saturated rings. The number of nitrogens with zero attached hydrogens (tertiary/aromatic N) is 1. The van der Waals surface area contributed by atoms with Gasteiger partial charge in [-0.15, -0.1) is 0 Å². The number of amides is 1.